The van der Waals surface area contributed by atoms with Crippen LogP contribution in [0.25, 0.3) is 0 Å². The Balaban J connectivity index is 1.81. The molecule has 0 bridgehead atoms. The van der Waals surface area contributed by atoms with Crippen molar-refractivity contribution >= 4 is 87.2 Å². The summed E-state index contributed by atoms with van der Waals surface area (Å²) in [5.41, 5.74) is -0.616. The average molecular weight is 557 g/mol. The van der Waals surface area contributed by atoms with E-state index in [0.29, 0.717) is 5.02 Å². The van der Waals surface area contributed by atoms with Crippen LogP contribution in [0.5, 0.6) is 11.5 Å². The van der Waals surface area contributed by atoms with Gasteiger partial charge in [-0.15, -0.1) is 0 Å². The lowest BCUT2D eigenvalue weighted by molar-refractivity contribution is 0.0963. The Morgan fingerprint density at radius 3 is 2.22 bits per heavy atom. The zero-order chi connectivity index (χ0) is 23.6. The summed E-state index contributed by atoms with van der Waals surface area (Å²) in [4.78, 5) is 24.5. The summed E-state index contributed by atoms with van der Waals surface area (Å²) in [6, 6.07) is 8.42. The number of carbonyl (C=O) groups excluding carboxylic acids is 2. The van der Waals surface area contributed by atoms with Crippen LogP contribution in [0.3, 0.4) is 0 Å². The molecule has 0 saturated heterocycles. The Bertz CT molecular complexity index is 1220. The van der Waals surface area contributed by atoms with Gasteiger partial charge in [-0.25, -0.2) is 9.18 Å². The van der Waals surface area contributed by atoms with Gasteiger partial charge in [-0.3, -0.25) is 10.1 Å². The van der Waals surface area contributed by atoms with E-state index in [4.69, 9.17) is 74.3 Å². The van der Waals surface area contributed by atoms with Gasteiger partial charge in [0.1, 0.15) is 22.3 Å². The molecule has 0 unspecified atom stereocenters. The predicted octanol–water partition coefficient (Wildman–Crippen LogP) is 8.50. The largest absolute Gasteiger partial charge is 0.454 e. The van der Waals surface area contributed by atoms with Gasteiger partial charge in [0.05, 0.1) is 31.3 Å². The summed E-state index contributed by atoms with van der Waals surface area (Å²) in [7, 11) is 0. The fourth-order valence-corrected chi connectivity index (χ4v) is 3.75. The van der Waals surface area contributed by atoms with E-state index in [1.165, 1.54) is 30.3 Å². The van der Waals surface area contributed by atoms with Crippen molar-refractivity contribution in [2.45, 2.75) is 0 Å². The maximum absolute atomic E-state index is 13.9. The van der Waals surface area contributed by atoms with Gasteiger partial charge < -0.3 is 10.1 Å². The third-order valence-electron chi connectivity index (χ3n) is 3.89. The van der Waals surface area contributed by atoms with Gasteiger partial charge in [-0.1, -0.05) is 75.7 Å². The van der Waals surface area contributed by atoms with E-state index in [9.17, 15) is 14.0 Å². The lowest BCUT2D eigenvalue weighted by atomic mass is 10.2. The molecule has 0 fully saturated rings. The minimum Gasteiger partial charge on any atom is -0.454 e. The number of benzene rings is 3. The van der Waals surface area contributed by atoms with Gasteiger partial charge in [0.25, 0.3) is 5.91 Å². The Kier molecular flexibility index (Phi) is 7.98. The topological polar surface area (TPSA) is 67.4 Å². The first-order chi connectivity index (χ1) is 15.1. The van der Waals surface area contributed by atoms with E-state index in [1.807, 2.05) is 5.32 Å². The number of ether oxygens (including phenoxy) is 1. The molecule has 0 saturated carbocycles. The van der Waals surface area contributed by atoms with E-state index < -0.39 is 23.3 Å². The summed E-state index contributed by atoms with van der Waals surface area (Å²) < 4.78 is 19.5. The average Bonchev–Trinajstić information content (AvgIpc) is 2.71. The van der Waals surface area contributed by atoms with Crippen LogP contribution < -0.4 is 15.4 Å². The first kappa shape index (κ1) is 24.7. The normalized spacial score (nSPS) is 10.6. The molecule has 0 aliphatic rings. The van der Waals surface area contributed by atoms with Crippen molar-refractivity contribution in [3.8, 4) is 11.5 Å². The maximum Gasteiger partial charge on any atom is 0.326 e. The molecule has 0 aliphatic heterocycles. The van der Waals surface area contributed by atoms with Crippen LogP contribution in [0, 0.1) is 5.82 Å². The maximum atomic E-state index is 13.9. The molecule has 3 aromatic carbocycles. The van der Waals surface area contributed by atoms with Crippen molar-refractivity contribution in [2.24, 2.45) is 0 Å². The van der Waals surface area contributed by atoms with Crippen molar-refractivity contribution in [2.75, 3.05) is 5.32 Å². The van der Waals surface area contributed by atoms with Crippen LogP contribution in [0.15, 0.2) is 42.5 Å². The number of halogens is 7. The highest BCUT2D eigenvalue weighted by Crippen LogP contribution is 2.45. The highest BCUT2D eigenvalue weighted by atomic mass is 35.5. The van der Waals surface area contributed by atoms with E-state index >= 15 is 0 Å². The van der Waals surface area contributed by atoms with Crippen LogP contribution in [0.2, 0.25) is 30.1 Å². The minimum absolute atomic E-state index is 0.0333. The number of amides is 3. The molecule has 0 atom stereocenters. The van der Waals surface area contributed by atoms with Crippen molar-refractivity contribution in [1.82, 2.24) is 5.32 Å². The number of hydrogen-bond donors (Lipinski definition) is 2. The number of urea groups is 1. The molecule has 0 aromatic heterocycles. The number of carbonyl (C=O) groups is 2. The van der Waals surface area contributed by atoms with Crippen LogP contribution in [-0.4, -0.2) is 11.9 Å². The quantitative estimate of drug-likeness (QED) is 0.317. The molecule has 3 rings (SSSR count). The number of hydrogen-bond acceptors (Lipinski definition) is 3. The van der Waals surface area contributed by atoms with Crippen LogP contribution in [0.4, 0.5) is 14.9 Å². The van der Waals surface area contributed by atoms with Gasteiger partial charge in [0.2, 0.25) is 0 Å². The number of rotatable bonds is 4. The Hall–Kier alpha value is -1.93. The van der Waals surface area contributed by atoms with Gasteiger partial charge in [0, 0.05) is 17.2 Å². The molecule has 0 aliphatic carbocycles. The predicted molar refractivity (Wildman–Crippen MR) is 126 cm³/mol. The molecular formula is C20H9Cl6FN2O3. The fraction of sp³-hybridized carbons (Fsp3) is 0. The molecule has 12 heteroatoms. The molecule has 2 N–H and O–H groups in total. The first-order valence-corrected chi connectivity index (χ1v) is 10.7. The molecule has 0 spiro atoms. The minimum atomic E-state index is -1.07. The Morgan fingerprint density at radius 1 is 0.812 bits per heavy atom. The van der Waals surface area contributed by atoms with Crippen LogP contribution in [0.1, 0.15) is 10.4 Å². The van der Waals surface area contributed by atoms with Gasteiger partial charge in [-0.2, -0.15) is 0 Å². The first-order valence-electron chi connectivity index (χ1n) is 8.45. The molecular weight excluding hydrogens is 548 g/mol. The molecule has 0 radical (unpaired) electrons. The number of imide groups is 1. The molecule has 3 amide bonds. The SMILES string of the molecule is O=C(NC(=O)c1c(F)cccc1Cl)Nc1c(Cl)cc(Oc2cc(Cl)ccc2Cl)c(Cl)c1Cl. The van der Waals surface area contributed by atoms with E-state index in [1.54, 1.807) is 6.07 Å². The third-order valence-corrected chi connectivity index (χ3v) is 5.90. The summed E-state index contributed by atoms with van der Waals surface area (Å²) in [6.45, 7) is 0. The van der Waals surface area contributed by atoms with E-state index in [2.05, 4.69) is 5.32 Å². The summed E-state index contributed by atoms with van der Waals surface area (Å²) in [6.07, 6.45) is 0. The smallest absolute Gasteiger partial charge is 0.326 e. The van der Waals surface area contributed by atoms with Crippen molar-refractivity contribution in [1.29, 1.82) is 0 Å². The highest BCUT2D eigenvalue weighted by Gasteiger charge is 2.22. The Morgan fingerprint density at radius 2 is 1.53 bits per heavy atom. The standard InChI is InChI=1S/C20H9Cl6FN2O3/c21-8-4-5-9(22)13(6-8)32-14-7-11(24)18(17(26)16(14)25)28-20(31)29-19(30)15-10(23)2-1-3-12(15)27/h1-7H,(H2,28,29,30,31). The molecule has 5 nitrogen and oxygen atoms in total. The molecule has 166 valence electrons. The lowest BCUT2D eigenvalue weighted by Crippen LogP contribution is -2.35. The summed E-state index contributed by atoms with van der Waals surface area (Å²) >= 11 is 36.5. The highest BCUT2D eigenvalue weighted by molar-refractivity contribution is 6.47. The molecule has 3 aromatic rings. The second-order valence-electron chi connectivity index (χ2n) is 6.04. The zero-order valence-electron chi connectivity index (χ0n) is 15.4. The second-order valence-corrected chi connectivity index (χ2v) is 8.46. The van der Waals surface area contributed by atoms with Crippen molar-refractivity contribution in [3.63, 3.8) is 0 Å². The summed E-state index contributed by atoms with van der Waals surface area (Å²) in [5.74, 6) is -1.74. The van der Waals surface area contributed by atoms with Crippen molar-refractivity contribution < 1.29 is 18.7 Å². The lowest BCUT2D eigenvalue weighted by Gasteiger charge is -2.15. The molecule has 0 heterocycles. The van der Waals surface area contributed by atoms with Crippen LogP contribution in [-0.2, 0) is 0 Å². The fourth-order valence-electron chi connectivity index (χ4n) is 2.46. The zero-order valence-corrected chi connectivity index (χ0v) is 19.9. The Labute approximate surface area is 211 Å². The summed E-state index contributed by atoms with van der Waals surface area (Å²) in [5, 5.41) is 4.31. The van der Waals surface area contributed by atoms with E-state index in [-0.39, 0.29) is 42.3 Å². The third kappa shape index (κ3) is 5.52. The van der Waals surface area contributed by atoms with Crippen LogP contribution >= 0.6 is 69.6 Å². The van der Waals surface area contributed by atoms with Gasteiger partial charge >= 0.3 is 6.03 Å². The van der Waals surface area contributed by atoms with Crippen molar-refractivity contribution in [3.05, 3.63) is 84.0 Å². The number of anilines is 1. The number of nitrogens with one attached hydrogen (secondary N) is 2. The van der Waals surface area contributed by atoms with Gasteiger partial charge in [0.15, 0.2) is 0 Å². The monoisotopic (exact) mass is 554 g/mol. The second kappa shape index (κ2) is 10.3. The van der Waals surface area contributed by atoms with E-state index in [0.717, 1.165) is 6.07 Å². The van der Waals surface area contributed by atoms with Gasteiger partial charge in [-0.05, 0) is 24.3 Å². The molecule has 32 heavy (non-hydrogen) atoms.